The van der Waals surface area contributed by atoms with Gasteiger partial charge in [-0.05, 0) is 29.8 Å². The van der Waals surface area contributed by atoms with Crippen molar-refractivity contribution in [1.29, 1.82) is 0 Å². The number of nitrogens with one attached hydrogen (secondary N) is 1. The van der Waals surface area contributed by atoms with Crippen molar-refractivity contribution in [2.75, 3.05) is 0 Å². The Hall–Kier alpha value is -0.480. The summed E-state index contributed by atoms with van der Waals surface area (Å²) in [6, 6.07) is 13.3. The minimum absolute atomic E-state index is 0.518. The van der Waals surface area contributed by atoms with Crippen molar-refractivity contribution in [2.45, 2.75) is 37.1 Å². The summed E-state index contributed by atoms with van der Waals surface area (Å²) in [6.07, 6.45) is 0. The zero-order valence-electron chi connectivity index (χ0n) is 11.2. The van der Waals surface area contributed by atoms with Crippen molar-refractivity contribution in [3.8, 4) is 0 Å². The fraction of sp³-hybridized carbons (Fsp3) is 0.333. The summed E-state index contributed by atoms with van der Waals surface area (Å²) in [5.74, 6) is 0.985. The van der Waals surface area contributed by atoms with Gasteiger partial charge < -0.3 is 5.32 Å². The molecule has 1 aromatic heterocycles. The third-order valence-corrected chi connectivity index (χ3v) is 5.08. The maximum absolute atomic E-state index is 5.94. The minimum atomic E-state index is 0.518. The van der Waals surface area contributed by atoms with Gasteiger partial charge in [0.25, 0.3) is 0 Å². The summed E-state index contributed by atoms with van der Waals surface area (Å²) in [7, 11) is 0. The predicted molar refractivity (Wildman–Crippen MR) is 87.3 cm³/mol. The topological polar surface area (TPSA) is 12.0 Å². The predicted octanol–water partition coefficient (Wildman–Crippen LogP) is 5.19. The molecule has 0 bridgehead atoms. The Balaban J connectivity index is 1.91. The van der Waals surface area contributed by atoms with E-state index in [1.807, 2.05) is 17.8 Å². The van der Waals surface area contributed by atoms with Crippen molar-refractivity contribution >= 4 is 34.7 Å². The first-order valence-corrected chi connectivity index (χ1v) is 8.51. The third-order valence-electron chi connectivity index (χ3n) is 2.62. The molecule has 19 heavy (non-hydrogen) atoms. The van der Waals surface area contributed by atoms with Crippen LogP contribution in [0.15, 0.2) is 41.3 Å². The highest BCUT2D eigenvalue weighted by Crippen LogP contribution is 2.29. The van der Waals surface area contributed by atoms with Crippen molar-refractivity contribution in [3.63, 3.8) is 0 Å². The van der Waals surface area contributed by atoms with Gasteiger partial charge in [0.1, 0.15) is 0 Å². The lowest BCUT2D eigenvalue weighted by Crippen LogP contribution is -2.21. The van der Waals surface area contributed by atoms with Gasteiger partial charge >= 0.3 is 0 Å². The zero-order valence-corrected chi connectivity index (χ0v) is 13.5. The Morgan fingerprint density at radius 1 is 1.26 bits per heavy atom. The second kappa shape index (κ2) is 7.34. The molecule has 0 unspecified atom stereocenters. The van der Waals surface area contributed by atoms with E-state index in [-0.39, 0.29) is 0 Å². The smallest absolute Gasteiger partial charge is 0.0931 e. The Bertz CT molecular complexity index is 522. The standard InChI is InChI=1S/C15H18ClNS2/c1-11(2)17-9-12-4-3-5-13(8-12)18-10-14-6-7-15(16)19-14/h3-8,11,17H,9-10H2,1-2H3. The Morgan fingerprint density at radius 3 is 2.79 bits per heavy atom. The summed E-state index contributed by atoms with van der Waals surface area (Å²) in [6.45, 7) is 5.26. The van der Waals surface area contributed by atoms with E-state index in [4.69, 9.17) is 11.6 Å². The van der Waals surface area contributed by atoms with Gasteiger partial charge in [0.2, 0.25) is 0 Å². The third kappa shape index (κ3) is 5.19. The van der Waals surface area contributed by atoms with E-state index in [0.29, 0.717) is 6.04 Å². The number of hydrogen-bond acceptors (Lipinski definition) is 3. The van der Waals surface area contributed by atoms with E-state index in [1.165, 1.54) is 15.3 Å². The van der Waals surface area contributed by atoms with Crippen molar-refractivity contribution in [3.05, 3.63) is 51.2 Å². The maximum atomic E-state index is 5.94. The summed E-state index contributed by atoms with van der Waals surface area (Å²) >= 11 is 9.46. The van der Waals surface area contributed by atoms with Gasteiger partial charge in [0.15, 0.2) is 0 Å². The molecule has 4 heteroatoms. The molecular weight excluding hydrogens is 294 g/mol. The summed E-state index contributed by atoms with van der Waals surface area (Å²) < 4.78 is 0.866. The van der Waals surface area contributed by atoms with Crippen LogP contribution in [0.4, 0.5) is 0 Å². The van der Waals surface area contributed by atoms with E-state index in [0.717, 1.165) is 16.6 Å². The SMILES string of the molecule is CC(C)NCc1cccc(SCc2ccc(Cl)s2)c1. The molecular formula is C15H18ClNS2. The first kappa shape index (κ1) is 14.9. The molecule has 1 heterocycles. The molecule has 0 atom stereocenters. The van der Waals surface area contributed by atoms with Gasteiger partial charge in [0, 0.05) is 28.1 Å². The lowest BCUT2D eigenvalue weighted by molar-refractivity contribution is 0.588. The van der Waals surface area contributed by atoms with Gasteiger partial charge in [-0.15, -0.1) is 23.1 Å². The molecule has 0 aliphatic rings. The van der Waals surface area contributed by atoms with Gasteiger partial charge in [-0.25, -0.2) is 0 Å². The van der Waals surface area contributed by atoms with E-state index in [2.05, 4.69) is 49.5 Å². The van der Waals surface area contributed by atoms with E-state index in [9.17, 15) is 0 Å². The normalized spacial score (nSPS) is 11.2. The van der Waals surface area contributed by atoms with E-state index < -0.39 is 0 Å². The highest BCUT2D eigenvalue weighted by molar-refractivity contribution is 7.98. The van der Waals surface area contributed by atoms with Crippen LogP contribution in [0.3, 0.4) is 0 Å². The first-order valence-electron chi connectivity index (χ1n) is 6.33. The maximum Gasteiger partial charge on any atom is 0.0931 e. The first-order chi connectivity index (χ1) is 9.13. The lowest BCUT2D eigenvalue weighted by atomic mass is 10.2. The van der Waals surface area contributed by atoms with Crippen LogP contribution in [0.25, 0.3) is 0 Å². The van der Waals surface area contributed by atoms with E-state index >= 15 is 0 Å². The fourth-order valence-electron chi connectivity index (χ4n) is 1.65. The van der Waals surface area contributed by atoms with Gasteiger partial charge in [-0.2, -0.15) is 0 Å². The second-order valence-corrected chi connectivity index (χ2v) is 7.53. The van der Waals surface area contributed by atoms with Gasteiger partial charge in [0.05, 0.1) is 4.34 Å². The molecule has 0 spiro atoms. The van der Waals surface area contributed by atoms with Gasteiger partial charge in [-0.1, -0.05) is 37.6 Å². The summed E-state index contributed by atoms with van der Waals surface area (Å²) in [4.78, 5) is 2.63. The molecule has 2 rings (SSSR count). The summed E-state index contributed by atoms with van der Waals surface area (Å²) in [5.41, 5.74) is 1.34. The number of benzene rings is 1. The van der Waals surface area contributed by atoms with Crippen LogP contribution in [-0.2, 0) is 12.3 Å². The van der Waals surface area contributed by atoms with Gasteiger partial charge in [-0.3, -0.25) is 0 Å². The monoisotopic (exact) mass is 311 g/mol. The van der Waals surface area contributed by atoms with Crippen LogP contribution in [0.1, 0.15) is 24.3 Å². The average molecular weight is 312 g/mol. The Kier molecular flexibility index (Phi) is 5.76. The molecule has 1 nitrogen and oxygen atoms in total. The second-order valence-electron chi connectivity index (χ2n) is 4.68. The Labute approximate surface area is 128 Å². The number of thioether (sulfide) groups is 1. The van der Waals surface area contributed by atoms with Crippen molar-refractivity contribution in [2.24, 2.45) is 0 Å². The molecule has 0 saturated heterocycles. The van der Waals surface area contributed by atoms with E-state index in [1.54, 1.807) is 11.3 Å². The largest absolute Gasteiger partial charge is 0.310 e. The fourth-order valence-corrected chi connectivity index (χ4v) is 3.76. The molecule has 1 N–H and O–H groups in total. The van der Waals surface area contributed by atoms with Crippen LogP contribution in [0.2, 0.25) is 4.34 Å². The van der Waals surface area contributed by atoms with Crippen LogP contribution in [0, 0.1) is 0 Å². The molecule has 0 radical (unpaired) electrons. The van der Waals surface area contributed by atoms with Crippen molar-refractivity contribution < 1.29 is 0 Å². The zero-order chi connectivity index (χ0) is 13.7. The molecule has 0 aliphatic carbocycles. The van der Waals surface area contributed by atoms with Crippen LogP contribution in [-0.4, -0.2) is 6.04 Å². The molecule has 102 valence electrons. The molecule has 0 amide bonds. The molecule has 1 aromatic carbocycles. The number of rotatable bonds is 6. The summed E-state index contributed by atoms with van der Waals surface area (Å²) in [5, 5.41) is 3.44. The molecule has 0 aliphatic heterocycles. The van der Waals surface area contributed by atoms with Crippen molar-refractivity contribution in [1.82, 2.24) is 5.32 Å². The average Bonchev–Trinajstić information content (AvgIpc) is 2.80. The quantitative estimate of drug-likeness (QED) is 0.737. The molecule has 2 aromatic rings. The number of hydrogen-bond donors (Lipinski definition) is 1. The molecule has 0 saturated carbocycles. The number of thiophene rings is 1. The minimum Gasteiger partial charge on any atom is -0.310 e. The highest BCUT2D eigenvalue weighted by Gasteiger charge is 2.01. The van der Waals surface area contributed by atoms with Crippen LogP contribution < -0.4 is 5.32 Å². The lowest BCUT2D eigenvalue weighted by Gasteiger charge is -2.09. The molecule has 0 fully saturated rings. The Morgan fingerprint density at radius 2 is 2.11 bits per heavy atom. The number of halogens is 1. The van der Waals surface area contributed by atoms with Crippen LogP contribution in [0.5, 0.6) is 0 Å². The van der Waals surface area contributed by atoms with Crippen LogP contribution >= 0.6 is 34.7 Å². The highest BCUT2D eigenvalue weighted by atomic mass is 35.5.